The van der Waals surface area contributed by atoms with Crippen LogP contribution in [0.25, 0.3) is 0 Å². The molecule has 1 aromatic carbocycles. The van der Waals surface area contributed by atoms with Gasteiger partial charge in [-0.3, -0.25) is 0 Å². The highest BCUT2D eigenvalue weighted by Crippen LogP contribution is 2.30. The normalized spacial score (nSPS) is 10.0. The van der Waals surface area contributed by atoms with Crippen molar-refractivity contribution in [3.05, 3.63) is 42.6 Å². The molecule has 0 aliphatic rings. The summed E-state index contributed by atoms with van der Waals surface area (Å²) in [6.45, 7) is 0. The van der Waals surface area contributed by atoms with Gasteiger partial charge in [0.2, 0.25) is 0 Å². The summed E-state index contributed by atoms with van der Waals surface area (Å²) in [6.07, 6.45) is 1.64. The summed E-state index contributed by atoms with van der Waals surface area (Å²) in [5, 5.41) is 0. The number of nitrogens with zero attached hydrogens (tertiary/aromatic N) is 2. The Labute approximate surface area is 101 Å². The van der Waals surface area contributed by atoms with Crippen LogP contribution in [0.1, 0.15) is 0 Å². The fourth-order valence-electron chi connectivity index (χ4n) is 1.63. The van der Waals surface area contributed by atoms with Crippen LogP contribution in [0.4, 0.5) is 17.2 Å². The standard InChI is InChI=1S/C13H15N3O/c1-16(13-8-7-10(14)9-15-13)11-5-3-4-6-12(11)17-2/h3-9H,14H2,1-2H3. The Morgan fingerprint density at radius 1 is 1.18 bits per heavy atom. The Kier molecular flexibility index (Phi) is 3.14. The van der Waals surface area contributed by atoms with Gasteiger partial charge in [0.05, 0.1) is 24.7 Å². The molecule has 1 heterocycles. The predicted molar refractivity (Wildman–Crippen MR) is 69.7 cm³/mol. The van der Waals surface area contributed by atoms with Crippen molar-refractivity contribution in [2.24, 2.45) is 0 Å². The van der Waals surface area contributed by atoms with E-state index in [0.717, 1.165) is 17.3 Å². The highest BCUT2D eigenvalue weighted by atomic mass is 16.5. The first-order chi connectivity index (χ1) is 8.22. The van der Waals surface area contributed by atoms with E-state index in [9.17, 15) is 0 Å². The smallest absolute Gasteiger partial charge is 0.142 e. The molecule has 0 aliphatic heterocycles. The summed E-state index contributed by atoms with van der Waals surface area (Å²) < 4.78 is 5.32. The van der Waals surface area contributed by atoms with Gasteiger partial charge in [-0.1, -0.05) is 12.1 Å². The third-order valence-electron chi connectivity index (χ3n) is 2.56. The number of hydrogen-bond acceptors (Lipinski definition) is 4. The van der Waals surface area contributed by atoms with Gasteiger partial charge in [-0.25, -0.2) is 4.98 Å². The molecule has 0 aliphatic carbocycles. The van der Waals surface area contributed by atoms with E-state index in [2.05, 4.69) is 4.98 Å². The molecule has 0 amide bonds. The number of para-hydroxylation sites is 2. The van der Waals surface area contributed by atoms with Crippen LogP contribution in [0.5, 0.6) is 5.75 Å². The topological polar surface area (TPSA) is 51.4 Å². The van der Waals surface area contributed by atoms with Gasteiger partial charge in [-0.2, -0.15) is 0 Å². The molecule has 4 nitrogen and oxygen atoms in total. The van der Waals surface area contributed by atoms with Gasteiger partial charge >= 0.3 is 0 Å². The van der Waals surface area contributed by atoms with Gasteiger partial charge < -0.3 is 15.4 Å². The molecule has 0 saturated heterocycles. The van der Waals surface area contributed by atoms with Crippen molar-refractivity contribution in [3.8, 4) is 5.75 Å². The molecule has 0 unspecified atom stereocenters. The van der Waals surface area contributed by atoms with Crippen LogP contribution in [0.15, 0.2) is 42.6 Å². The van der Waals surface area contributed by atoms with E-state index in [1.165, 1.54) is 0 Å². The van der Waals surface area contributed by atoms with Gasteiger partial charge in [0.1, 0.15) is 11.6 Å². The number of rotatable bonds is 3. The monoisotopic (exact) mass is 229 g/mol. The van der Waals surface area contributed by atoms with E-state index in [4.69, 9.17) is 10.5 Å². The number of pyridine rings is 1. The van der Waals surface area contributed by atoms with Crippen molar-refractivity contribution >= 4 is 17.2 Å². The van der Waals surface area contributed by atoms with Crippen LogP contribution in [0, 0.1) is 0 Å². The number of nitrogen functional groups attached to an aromatic ring is 1. The molecule has 0 spiro atoms. The maximum Gasteiger partial charge on any atom is 0.142 e. The van der Waals surface area contributed by atoms with Crippen molar-refractivity contribution in [2.75, 3.05) is 24.8 Å². The fourth-order valence-corrected chi connectivity index (χ4v) is 1.63. The number of benzene rings is 1. The Hall–Kier alpha value is -2.23. The molecule has 2 rings (SSSR count). The summed E-state index contributed by atoms with van der Waals surface area (Å²) in [6, 6.07) is 11.5. The maximum atomic E-state index is 5.62. The van der Waals surface area contributed by atoms with Crippen molar-refractivity contribution in [2.45, 2.75) is 0 Å². The summed E-state index contributed by atoms with van der Waals surface area (Å²) in [5.74, 6) is 1.64. The molecular formula is C13H15N3O. The predicted octanol–water partition coefficient (Wildman–Crippen LogP) is 2.44. The van der Waals surface area contributed by atoms with Crippen molar-refractivity contribution in [1.29, 1.82) is 0 Å². The summed E-state index contributed by atoms with van der Waals surface area (Å²) in [7, 11) is 3.60. The van der Waals surface area contributed by atoms with Crippen LogP contribution in [-0.2, 0) is 0 Å². The molecule has 2 aromatic rings. The molecule has 0 bridgehead atoms. The molecule has 4 heteroatoms. The Balaban J connectivity index is 2.36. The highest BCUT2D eigenvalue weighted by molar-refractivity contribution is 5.66. The minimum Gasteiger partial charge on any atom is -0.495 e. The first-order valence-electron chi connectivity index (χ1n) is 5.30. The number of ether oxygens (including phenoxy) is 1. The van der Waals surface area contributed by atoms with Crippen LogP contribution in [0.2, 0.25) is 0 Å². The Bertz CT molecular complexity index is 496. The van der Waals surface area contributed by atoms with E-state index in [1.54, 1.807) is 13.3 Å². The number of methoxy groups -OCH3 is 1. The molecule has 0 fully saturated rings. The molecule has 88 valence electrons. The first-order valence-corrected chi connectivity index (χ1v) is 5.30. The Morgan fingerprint density at radius 3 is 2.59 bits per heavy atom. The Morgan fingerprint density at radius 2 is 1.94 bits per heavy atom. The van der Waals surface area contributed by atoms with Gasteiger partial charge in [0, 0.05) is 7.05 Å². The lowest BCUT2D eigenvalue weighted by Gasteiger charge is -2.20. The van der Waals surface area contributed by atoms with Crippen molar-refractivity contribution in [1.82, 2.24) is 4.98 Å². The average molecular weight is 229 g/mol. The van der Waals surface area contributed by atoms with Gasteiger partial charge in [-0.15, -0.1) is 0 Å². The SMILES string of the molecule is COc1ccccc1N(C)c1ccc(N)cn1. The van der Waals surface area contributed by atoms with E-state index in [0.29, 0.717) is 5.69 Å². The number of anilines is 3. The zero-order valence-electron chi connectivity index (χ0n) is 9.92. The minimum atomic E-state index is 0.655. The van der Waals surface area contributed by atoms with Crippen LogP contribution >= 0.6 is 0 Å². The lowest BCUT2D eigenvalue weighted by atomic mass is 10.2. The second kappa shape index (κ2) is 4.74. The lowest BCUT2D eigenvalue weighted by Crippen LogP contribution is -2.12. The number of nitrogens with two attached hydrogens (primary N) is 1. The van der Waals surface area contributed by atoms with E-state index in [1.807, 2.05) is 48.3 Å². The average Bonchev–Trinajstić information content (AvgIpc) is 2.39. The summed E-state index contributed by atoms with van der Waals surface area (Å²) >= 11 is 0. The first kappa shape index (κ1) is 11.3. The molecule has 0 saturated carbocycles. The summed E-state index contributed by atoms with van der Waals surface area (Å²) in [4.78, 5) is 6.23. The summed E-state index contributed by atoms with van der Waals surface area (Å²) in [5.41, 5.74) is 7.24. The largest absolute Gasteiger partial charge is 0.495 e. The zero-order valence-corrected chi connectivity index (χ0v) is 9.92. The van der Waals surface area contributed by atoms with E-state index < -0.39 is 0 Å². The third kappa shape index (κ3) is 2.30. The molecule has 2 N–H and O–H groups in total. The van der Waals surface area contributed by atoms with E-state index >= 15 is 0 Å². The number of hydrogen-bond donors (Lipinski definition) is 1. The molecule has 0 atom stereocenters. The van der Waals surface area contributed by atoms with E-state index in [-0.39, 0.29) is 0 Å². The molecule has 1 aromatic heterocycles. The third-order valence-corrected chi connectivity index (χ3v) is 2.56. The van der Waals surface area contributed by atoms with Crippen molar-refractivity contribution in [3.63, 3.8) is 0 Å². The molecule has 0 radical (unpaired) electrons. The minimum absolute atomic E-state index is 0.655. The number of aromatic nitrogens is 1. The second-order valence-corrected chi connectivity index (χ2v) is 3.68. The lowest BCUT2D eigenvalue weighted by molar-refractivity contribution is 0.415. The zero-order chi connectivity index (χ0) is 12.3. The van der Waals surface area contributed by atoms with Crippen LogP contribution < -0.4 is 15.4 Å². The molecular weight excluding hydrogens is 214 g/mol. The maximum absolute atomic E-state index is 5.62. The molecule has 17 heavy (non-hydrogen) atoms. The fraction of sp³-hybridized carbons (Fsp3) is 0.154. The van der Waals surface area contributed by atoms with Gasteiger partial charge in [0.15, 0.2) is 0 Å². The van der Waals surface area contributed by atoms with Crippen LogP contribution in [0.3, 0.4) is 0 Å². The van der Waals surface area contributed by atoms with Gasteiger partial charge in [-0.05, 0) is 24.3 Å². The van der Waals surface area contributed by atoms with Crippen LogP contribution in [-0.4, -0.2) is 19.1 Å². The van der Waals surface area contributed by atoms with Crippen molar-refractivity contribution < 1.29 is 4.74 Å². The van der Waals surface area contributed by atoms with Gasteiger partial charge in [0.25, 0.3) is 0 Å². The second-order valence-electron chi connectivity index (χ2n) is 3.68. The quantitative estimate of drug-likeness (QED) is 0.878. The highest BCUT2D eigenvalue weighted by Gasteiger charge is 2.09.